The lowest BCUT2D eigenvalue weighted by molar-refractivity contribution is -0.129. The predicted molar refractivity (Wildman–Crippen MR) is 117 cm³/mol. The Hall–Kier alpha value is -2.30. The van der Waals surface area contributed by atoms with E-state index in [2.05, 4.69) is 31.2 Å². The van der Waals surface area contributed by atoms with Crippen molar-refractivity contribution in [1.29, 1.82) is 0 Å². The summed E-state index contributed by atoms with van der Waals surface area (Å²) in [5.41, 5.74) is 0.972. The van der Waals surface area contributed by atoms with Crippen LogP contribution in [0.2, 0.25) is 0 Å². The molecule has 1 aromatic rings. The van der Waals surface area contributed by atoms with Crippen molar-refractivity contribution >= 4 is 29.1 Å². The van der Waals surface area contributed by atoms with E-state index < -0.39 is 0 Å². The average Bonchev–Trinajstić information content (AvgIpc) is 3.17. The maximum Gasteiger partial charge on any atom is 0.237 e. The summed E-state index contributed by atoms with van der Waals surface area (Å²) in [5.74, 6) is 0.0551. The van der Waals surface area contributed by atoms with Crippen molar-refractivity contribution in [2.24, 2.45) is 0 Å². The number of piperazine rings is 1. The molecule has 2 aliphatic heterocycles. The Morgan fingerprint density at radius 3 is 3.07 bits per heavy atom. The first-order chi connectivity index (χ1) is 14.6. The lowest BCUT2D eigenvalue weighted by atomic mass is 10.0. The largest absolute Gasteiger partial charge is 0.383 e. The van der Waals surface area contributed by atoms with Crippen molar-refractivity contribution in [3.8, 4) is 0 Å². The van der Waals surface area contributed by atoms with Crippen LogP contribution in [0.1, 0.15) is 24.8 Å². The monoisotopic (exact) mass is 434 g/mol. The van der Waals surface area contributed by atoms with E-state index in [1.54, 1.807) is 19.5 Å². The van der Waals surface area contributed by atoms with Crippen molar-refractivity contribution in [3.05, 3.63) is 30.1 Å². The van der Waals surface area contributed by atoms with Gasteiger partial charge in [-0.05, 0) is 36.7 Å². The van der Waals surface area contributed by atoms with Crippen molar-refractivity contribution in [2.75, 3.05) is 33.4 Å². The topological polar surface area (TPSA) is 108 Å². The number of amides is 2. The van der Waals surface area contributed by atoms with Crippen LogP contribution in [-0.4, -0.2) is 78.3 Å². The van der Waals surface area contributed by atoms with Crippen LogP contribution in [0.15, 0.2) is 24.5 Å². The first kappa shape index (κ1) is 22.4. The lowest BCUT2D eigenvalue weighted by Gasteiger charge is -2.37. The molecule has 3 rings (SSSR count). The molecule has 3 heterocycles. The molecular formula is C20H30N6O3S. The second-order valence-corrected chi connectivity index (χ2v) is 8.02. The molecule has 2 saturated heterocycles. The van der Waals surface area contributed by atoms with Gasteiger partial charge in [0.25, 0.3) is 0 Å². The summed E-state index contributed by atoms with van der Waals surface area (Å²) < 4.78 is 5.01. The molecular weight excluding hydrogens is 404 g/mol. The number of nitrogens with zero attached hydrogens (tertiary/aromatic N) is 2. The van der Waals surface area contributed by atoms with Gasteiger partial charge in [-0.2, -0.15) is 0 Å². The zero-order chi connectivity index (χ0) is 21.3. The number of rotatable bonds is 9. The quantitative estimate of drug-likeness (QED) is 0.305. The number of fused-ring (bicyclic) bond motifs is 1. The number of nitrogens with one attached hydrogen (secondary N) is 4. The van der Waals surface area contributed by atoms with Gasteiger partial charge in [0, 0.05) is 64.2 Å². The average molecular weight is 435 g/mol. The van der Waals surface area contributed by atoms with E-state index in [4.69, 9.17) is 17.0 Å². The normalized spacial score (nSPS) is 23.4. The summed E-state index contributed by atoms with van der Waals surface area (Å²) in [6, 6.07) is 3.84. The molecule has 2 fully saturated rings. The first-order valence-corrected chi connectivity index (χ1v) is 10.7. The van der Waals surface area contributed by atoms with Gasteiger partial charge in [0.2, 0.25) is 11.8 Å². The van der Waals surface area contributed by atoms with Gasteiger partial charge < -0.3 is 26.0 Å². The maximum absolute atomic E-state index is 12.3. The predicted octanol–water partition coefficient (Wildman–Crippen LogP) is -0.470. The minimum absolute atomic E-state index is 0.00435. The Kier molecular flexibility index (Phi) is 8.35. The van der Waals surface area contributed by atoms with Gasteiger partial charge in [-0.25, -0.2) is 0 Å². The number of methoxy groups -OCH3 is 1. The molecule has 0 aliphatic carbocycles. The van der Waals surface area contributed by atoms with Crippen molar-refractivity contribution < 1.29 is 14.3 Å². The maximum atomic E-state index is 12.3. The fourth-order valence-electron chi connectivity index (χ4n) is 3.94. The highest BCUT2D eigenvalue weighted by Crippen LogP contribution is 2.25. The van der Waals surface area contributed by atoms with Crippen LogP contribution in [0, 0.1) is 0 Å². The summed E-state index contributed by atoms with van der Waals surface area (Å²) in [6.45, 7) is 2.98. The van der Waals surface area contributed by atoms with E-state index in [-0.39, 0.29) is 29.9 Å². The van der Waals surface area contributed by atoms with Gasteiger partial charge in [-0.1, -0.05) is 6.07 Å². The second kappa shape index (κ2) is 11.2. The minimum atomic E-state index is -0.179. The molecule has 10 heteroatoms. The second-order valence-electron chi connectivity index (χ2n) is 7.61. The third-order valence-electron chi connectivity index (χ3n) is 5.47. The third kappa shape index (κ3) is 6.35. The van der Waals surface area contributed by atoms with E-state index in [9.17, 15) is 9.59 Å². The zero-order valence-electron chi connectivity index (χ0n) is 17.2. The van der Waals surface area contributed by atoms with Gasteiger partial charge in [-0.3, -0.25) is 19.5 Å². The molecule has 1 aromatic heterocycles. The molecule has 9 nitrogen and oxygen atoms in total. The van der Waals surface area contributed by atoms with Gasteiger partial charge in [-0.15, -0.1) is 0 Å². The number of aromatic nitrogens is 1. The van der Waals surface area contributed by atoms with Crippen LogP contribution >= 0.6 is 12.2 Å². The number of hydrogen-bond donors (Lipinski definition) is 4. The number of ether oxygens (including phenoxy) is 1. The lowest BCUT2D eigenvalue weighted by Crippen LogP contribution is -2.58. The first-order valence-electron chi connectivity index (χ1n) is 10.3. The Balaban J connectivity index is 1.45. The number of carbonyl (C=O) groups is 2. The Bertz CT molecular complexity index is 735. The number of pyridine rings is 1. The van der Waals surface area contributed by atoms with E-state index in [0.717, 1.165) is 12.1 Å². The standard InChI is InChI=1S/C20H30N6O3S/c1-29-8-7-22-20(30)25-15-9-17-19(28)24-12-16(26(17)13-15)4-5-18(27)23-11-14-3-2-6-21-10-14/h2-3,6,10,15-17H,4-5,7-9,11-13H2,1H3,(H,23,27)(H,24,28)(H2,22,25,30). The molecule has 3 atom stereocenters. The highest BCUT2D eigenvalue weighted by Gasteiger charge is 2.43. The summed E-state index contributed by atoms with van der Waals surface area (Å²) in [7, 11) is 1.64. The van der Waals surface area contributed by atoms with Gasteiger partial charge >= 0.3 is 0 Å². The molecule has 164 valence electrons. The minimum Gasteiger partial charge on any atom is -0.383 e. The molecule has 2 amide bonds. The van der Waals surface area contributed by atoms with Gasteiger partial charge in [0.1, 0.15) is 0 Å². The highest BCUT2D eigenvalue weighted by molar-refractivity contribution is 7.80. The van der Waals surface area contributed by atoms with Crippen LogP contribution in [0.3, 0.4) is 0 Å². The van der Waals surface area contributed by atoms with Crippen molar-refractivity contribution in [1.82, 2.24) is 31.2 Å². The van der Waals surface area contributed by atoms with Crippen molar-refractivity contribution in [3.63, 3.8) is 0 Å². The van der Waals surface area contributed by atoms with E-state index >= 15 is 0 Å². The van der Waals surface area contributed by atoms with Crippen molar-refractivity contribution in [2.45, 2.75) is 43.9 Å². The Morgan fingerprint density at radius 2 is 2.30 bits per heavy atom. The SMILES string of the molecule is COCCNC(=S)NC1CC2C(=O)NCC(CCC(=O)NCc3cccnc3)N2C1. The van der Waals surface area contributed by atoms with E-state index in [1.807, 2.05) is 12.1 Å². The molecule has 0 saturated carbocycles. The Labute approximate surface area is 182 Å². The molecule has 2 aliphatic rings. The van der Waals surface area contributed by atoms with Crippen LogP contribution in [0.25, 0.3) is 0 Å². The fourth-order valence-corrected chi connectivity index (χ4v) is 4.21. The molecule has 0 radical (unpaired) electrons. The number of carbonyl (C=O) groups excluding carboxylic acids is 2. The van der Waals surface area contributed by atoms with Gasteiger partial charge in [0.05, 0.1) is 12.6 Å². The summed E-state index contributed by atoms with van der Waals surface area (Å²) in [5, 5.41) is 12.9. The van der Waals surface area contributed by atoms with Crippen LogP contribution in [0.5, 0.6) is 0 Å². The summed E-state index contributed by atoms with van der Waals surface area (Å²) in [6.07, 6.45) is 5.26. The van der Waals surface area contributed by atoms with E-state index in [0.29, 0.717) is 50.6 Å². The molecule has 0 spiro atoms. The molecule has 4 N–H and O–H groups in total. The third-order valence-corrected chi connectivity index (χ3v) is 5.73. The molecule has 0 aromatic carbocycles. The fraction of sp³-hybridized carbons (Fsp3) is 0.600. The number of hydrogen-bond acceptors (Lipinski definition) is 6. The van der Waals surface area contributed by atoms with Gasteiger partial charge in [0.15, 0.2) is 5.11 Å². The molecule has 30 heavy (non-hydrogen) atoms. The van der Waals surface area contributed by atoms with Crippen LogP contribution in [0.4, 0.5) is 0 Å². The zero-order valence-corrected chi connectivity index (χ0v) is 18.0. The summed E-state index contributed by atoms with van der Waals surface area (Å²) in [4.78, 5) is 30.9. The number of thiocarbonyl (C=S) groups is 1. The van der Waals surface area contributed by atoms with Crippen LogP contribution in [-0.2, 0) is 20.9 Å². The van der Waals surface area contributed by atoms with Crippen LogP contribution < -0.4 is 21.3 Å². The Morgan fingerprint density at radius 1 is 1.43 bits per heavy atom. The smallest absolute Gasteiger partial charge is 0.237 e. The molecule has 0 bridgehead atoms. The summed E-state index contributed by atoms with van der Waals surface area (Å²) >= 11 is 5.33. The molecule has 3 unspecified atom stereocenters. The van der Waals surface area contributed by atoms with E-state index in [1.165, 1.54) is 0 Å². The highest BCUT2D eigenvalue weighted by atomic mass is 32.1.